The summed E-state index contributed by atoms with van der Waals surface area (Å²) in [5.41, 5.74) is 29.1. The maximum atomic E-state index is 13.9. The first-order valence-electron chi connectivity index (χ1n) is 16.3. The molecule has 17 heteroatoms. The van der Waals surface area contributed by atoms with Gasteiger partial charge in [-0.05, 0) is 53.4 Å². The van der Waals surface area contributed by atoms with Gasteiger partial charge >= 0.3 is 6.09 Å². The highest BCUT2D eigenvalue weighted by Crippen LogP contribution is 2.34. The number of unbranched alkanes of at least 4 members (excludes halogenated alkanes) is 1. The Morgan fingerprint density at radius 3 is 2.20 bits per heavy atom. The Balaban J connectivity index is 1.64. The molecule has 0 aromatic heterocycles. The Hall–Kier alpha value is -4.56. The van der Waals surface area contributed by atoms with E-state index in [2.05, 4.69) is 30.1 Å². The Labute approximate surface area is 283 Å². The van der Waals surface area contributed by atoms with Crippen LogP contribution < -0.4 is 0 Å². The number of benzene rings is 2. The maximum absolute atomic E-state index is 13.9. The van der Waals surface area contributed by atoms with Crippen LogP contribution in [0.2, 0.25) is 0 Å². The average Bonchev–Trinajstić information content (AvgIpc) is 3.12. The van der Waals surface area contributed by atoms with Gasteiger partial charge in [-0.15, -0.1) is 0 Å². The Bertz CT molecular complexity index is 1470. The van der Waals surface area contributed by atoms with E-state index in [-0.39, 0.29) is 32.6 Å². The molecular formula is C32H42N10O7. The largest absolute Gasteiger partial charge is 0.445 e. The van der Waals surface area contributed by atoms with E-state index < -0.39 is 61.0 Å². The molecule has 0 unspecified atom stereocenters. The molecule has 2 fully saturated rings. The second-order valence-corrected chi connectivity index (χ2v) is 11.9. The van der Waals surface area contributed by atoms with Gasteiger partial charge in [0.15, 0.2) is 6.29 Å². The molecule has 1 amide bonds. The normalized spacial score (nSPS) is 27.0. The van der Waals surface area contributed by atoms with Crippen molar-refractivity contribution in [1.29, 1.82) is 0 Å². The van der Waals surface area contributed by atoms with Crippen LogP contribution in [0.4, 0.5) is 4.79 Å². The second kappa shape index (κ2) is 19.4. The predicted molar refractivity (Wildman–Crippen MR) is 176 cm³/mol. The quantitative estimate of drug-likeness (QED) is 0.0918. The van der Waals surface area contributed by atoms with Gasteiger partial charge in [-0.3, -0.25) is 4.90 Å². The van der Waals surface area contributed by atoms with Crippen LogP contribution in [0.25, 0.3) is 31.3 Å². The number of ether oxygens (including phenoxy) is 4. The van der Waals surface area contributed by atoms with Crippen LogP contribution in [-0.2, 0) is 32.1 Å². The van der Waals surface area contributed by atoms with E-state index in [1.54, 1.807) is 4.90 Å². The molecule has 17 nitrogen and oxygen atoms in total. The number of aliphatic hydroxyl groups is 2. The van der Waals surface area contributed by atoms with E-state index in [4.69, 9.17) is 24.5 Å². The van der Waals surface area contributed by atoms with E-state index in [1.807, 2.05) is 67.6 Å². The minimum atomic E-state index is -1.63. The number of rotatable bonds is 16. The highest BCUT2D eigenvalue weighted by molar-refractivity contribution is 5.68. The maximum Gasteiger partial charge on any atom is 0.410 e. The molecule has 2 aromatic rings. The molecule has 2 aromatic carbocycles. The lowest BCUT2D eigenvalue weighted by atomic mass is 9.84. The lowest BCUT2D eigenvalue weighted by Crippen LogP contribution is -2.59. The molecule has 0 radical (unpaired) electrons. The molecule has 1 saturated carbocycles. The standard InChI is InChI=1S/C32H42N10O7/c1-2-3-16-46-20-26(42(18-21-10-6-4-7-11-21)32(45)47-19-22-12-8-5-9-13-22)27-15-14-23(36-39-33)31(48-27)49-30-25(38-41-35)17-24(37-40-34)28(43)29(30)44/h4-13,23-31,43-44H,2-3,14-20H2,1H3/t23-,24-,25+,26-,27+,28+,29-,30-,31-/m1/s1. The van der Waals surface area contributed by atoms with E-state index in [0.717, 1.165) is 24.0 Å². The summed E-state index contributed by atoms with van der Waals surface area (Å²) in [6, 6.07) is 15.1. The van der Waals surface area contributed by atoms with Gasteiger partial charge in [-0.25, -0.2) is 4.79 Å². The van der Waals surface area contributed by atoms with Crippen LogP contribution in [0, 0.1) is 0 Å². The Morgan fingerprint density at radius 2 is 1.55 bits per heavy atom. The lowest BCUT2D eigenvalue weighted by molar-refractivity contribution is -0.261. The first-order chi connectivity index (χ1) is 23.9. The van der Waals surface area contributed by atoms with E-state index in [1.165, 1.54) is 0 Å². The molecule has 1 aliphatic carbocycles. The van der Waals surface area contributed by atoms with Gasteiger partial charge in [-0.1, -0.05) is 89.4 Å². The zero-order valence-corrected chi connectivity index (χ0v) is 27.2. The van der Waals surface area contributed by atoms with Gasteiger partial charge < -0.3 is 29.2 Å². The summed E-state index contributed by atoms with van der Waals surface area (Å²) in [5, 5.41) is 32.8. The molecule has 0 spiro atoms. The van der Waals surface area contributed by atoms with Crippen molar-refractivity contribution < 1.29 is 34.0 Å². The molecule has 2 aliphatic rings. The minimum Gasteiger partial charge on any atom is -0.445 e. The van der Waals surface area contributed by atoms with Crippen LogP contribution in [0.5, 0.6) is 0 Å². The average molecular weight is 679 g/mol. The third kappa shape index (κ3) is 10.5. The molecule has 0 bridgehead atoms. The highest BCUT2D eigenvalue weighted by atomic mass is 16.7. The zero-order chi connectivity index (χ0) is 35.0. The molecule has 1 heterocycles. The van der Waals surface area contributed by atoms with E-state index >= 15 is 0 Å². The molecule has 262 valence electrons. The first kappa shape index (κ1) is 37.3. The third-order valence-electron chi connectivity index (χ3n) is 8.60. The van der Waals surface area contributed by atoms with Crippen molar-refractivity contribution in [2.24, 2.45) is 15.3 Å². The summed E-state index contributed by atoms with van der Waals surface area (Å²) in [4.78, 5) is 24.0. The number of azide groups is 3. The van der Waals surface area contributed by atoms with Crippen LogP contribution >= 0.6 is 0 Å². The van der Waals surface area contributed by atoms with Crippen LogP contribution in [0.15, 0.2) is 76.0 Å². The van der Waals surface area contributed by atoms with Gasteiger partial charge in [-0.2, -0.15) is 0 Å². The van der Waals surface area contributed by atoms with Crippen molar-refractivity contribution >= 4 is 6.09 Å². The summed E-state index contributed by atoms with van der Waals surface area (Å²) in [7, 11) is 0. The number of carbonyl (C=O) groups excluding carboxylic acids is 1. The van der Waals surface area contributed by atoms with E-state index in [0.29, 0.717) is 13.0 Å². The molecule has 9 atom stereocenters. The summed E-state index contributed by atoms with van der Waals surface area (Å²) >= 11 is 0. The lowest BCUT2D eigenvalue weighted by Gasteiger charge is -2.45. The third-order valence-corrected chi connectivity index (χ3v) is 8.60. The fourth-order valence-corrected chi connectivity index (χ4v) is 5.99. The molecule has 49 heavy (non-hydrogen) atoms. The van der Waals surface area contributed by atoms with Gasteiger partial charge in [0.2, 0.25) is 0 Å². The summed E-state index contributed by atoms with van der Waals surface area (Å²) in [6.07, 6.45) is -4.81. The molecular weight excluding hydrogens is 636 g/mol. The van der Waals surface area contributed by atoms with Gasteiger partial charge in [0.25, 0.3) is 0 Å². The number of amides is 1. The second-order valence-electron chi connectivity index (χ2n) is 11.9. The minimum absolute atomic E-state index is 0.0458. The van der Waals surface area contributed by atoms with Crippen molar-refractivity contribution in [3.05, 3.63) is 103 Å². The molecule has 1 aliphatic heterocycles. The van der Waals surface area contributed by atoms with Crippen LogP contribution in [0.1, 0.15) is 50.2 Å². The van der Waals surface area contributed by atoms with Crippen LogP contribution in [-0.4, -0.2) is 89.3 Å². The fraction of sp³-hybridized carbons (Fsp3) is 0.594. The monoisotopic (exact) mass is 678 g/mol. The van der Waals surface area contributed by atoms with E-state index in [9.17, 15) is 26.1 Å². The SMILES string of the molecule is CCCCOC[C@H]([C@@H]1CC[C@@H](N=[N+]=[N-])[C@@H](O[C@H]2[C@H](O)[C@@H](O)[C@H](N=[N+]=[N-])C[C@@H]2N=[N+]=[N-])O1)N(Cc1ccccc1)C(=O)OCc1ccccc1. The number of hydrogen-bond donors (Lipinski definition) is 2. The zero-order valence-electron chi connectivity index (χ0n) is 27.2. The van der Waals surface area contributed by atoms with Crippen molar-refractivity contribution in [1.82, 2.24) is 4.90 Å². The van der Waals surface area contributed by atoms with Gasteiger partial charge in [0, 0.05) is 27.9 Å². The van der Waals surface area contributed by atoms with Gasteiger partial charge in [0.1, 0.15) is 12.7 Å². The number of carbonyl (C=O) groups is 1. The van der Waals surface area contributed by atoms with Crippen molar-refractivity contribution in [3.63, 3.8) is 0 Å². The van der Waals surface area contributed by atoms with Gasteiger partial charge in [0.05, 0.1) is 49.1 Å². The molecule has 2 N–H and O–H groups in total. The van der Waals surface area contributed by atoms with Crippen molar-refractivity contribution in [3.8, 4) is 0 Å². The van der Waals surface area contributed by atoms with Crippen LogP contribution in [0.3, 0.4) is 0 Å². The summed E-state index contributed by atoms with van der Waals surface area (Å²) < 4.78 is 24.5. The number of nitrogens with zero attached hydrogens (tertiary/aromatic N) is 10. The molecule has 4 rings (SSSR count). The van der Waals surface area contributed by atoms with Crippen molar-refractivity contribution in [2.45, 2.75) is 107 Å². The number of aliphatic hydroxyl groups excluding tert-OH is 2. The fourth-order valence-electron chi connectivity index (χ4n) is 5.99. The Morgan fingerprint density at radius 1 is 0.918 bits per heavy atom. The predicted octanol–water partition coefficient (Wildman–Crippen LogP) is 6.06. The summed E-state index contributed by atoms with van der Waals surface area (Å²) in [6.45, 7) is 2.81. The Kier molecular flexibility index (Phi) is 14.8. The first-order valence-corrected chi connectivity index (χ1v) is 16.3. The smallest absolute Gasteiger partial charge is 0.410 e. The van der Waals surface area contributed by atoms with Crippen molar-refractivity contribution in [2.75, 3.05) is 13.2 Å². The highest BCUT2D eigenvalue weighted by Gasteiger charge is 2.47. The number of hydrogen-bond acceptors (Lipinski definition) is 10. The molecule has 1 saturated heterocycles. The summed E-state index contributed by atoms with van der Waals surface area (Å²) in [5.74, 6) is 0. The topological polar surface area (TPSA) is 244 Å².